The number of hydrogen-bond acceptors (Lipinski definition) is 8. The van der Waals surface area contributed by atoms with Gasteiger partial charge < -0.3 is 19.6 Å². The van der Waals surface area contributed by atoms with Crippen LogP contribution >= 0.6 is 0 Å². The molecule has 2 aliphatic rings. The van der Waals surface area contributed by atoms with E-state index in [0.717, 1.165) is 18.4 Å². The van der Waals surface area contributed by atoms with E-state index in [4.69, 9.17) is 14.6 Å². The maximum absolute atomic E-state index is 13.2. The molecule has 2 saturated heterocycles. The van der Waals surface area contributed by atoms with Crippen LogP contribution in [-0.4, -0.2) is 74.2 Å². The first-order valence-electron chi connectivity index (χ1n) is 12.6. The quantitative estimate of drug-likeness (QED) is 0.355. The summed E-state index contributed by atoms with van der Waals surface area (Å²) in [6.07, 6.45) is 5.72. The number of hydrogen-bond donors (Lipinski definition) is 3. The Kier molecular flexibility index (Phi) is 7.50. The number of primary sulfonamides is 1. The Hall–Kier alpha value is -2.55. The SMILES string of the molecule is NS(=O)(=O)c1cccc(OC[C@@H](O)CC[C@H]2COC3(CCN(S(=O)(=O)c4cnc5cc[nH]c5c4)CC3)C2)c1. The van der Waals surface area contributed by atoms with E-state index in [9.17, 15) is 21.9 Å². The first kappa shape index (κ1) is 27.0. The van der Waals surface area contributed by atoms with Gasteiger partial charge in [0.25, 0.3) is 0 Å². The van der Waals surface area contributed by atoms with Crippen molar-refractivity contribution in [2.24, 2.45) is 11.1 Å². The number of benzene rings is 1. The maximum atomic E-state index is 13.2. The van der Waals surface area contributed by atoms with Gasteiger partial charge in [-0.25, -0.2) is 22.0 Å². The molecule has 11 nitrogen and oxygen atoms in total. The third kappa shape index (κ3) is 5.87. The molecule has 0 bridgehead atoms. The molecule has 38 heavy (non-hydrogen) atoms. The normalized spacial score (nSPS) is 21.2. The van der Waals surface area contributed by atoms with Gasteiger partial charge in [-0.1, -0.05) is 6.07 Å². The number of piperidine rings is 1. The standard InChI is InChI=1S/C25H32N4O7S2/c26-37(31,32)21-3-1-2-20(12-21)35-17-19(30)5-4-18-14-25(36-16-18)7-10-29(11-8-25)38(33,34)22-13-24-23(28-15-22)6-9-27-24/h1-3,6,9,12-13,15,18-19,27,30H,4-5,7-8,10-11,14,16-17H2,(H2,26,31,32)/t18-,19+/m1/s1. The van der Waals surface area contributed by atoms with Crippen LogP contribution in [0.15, 0.2) is 58.6 Å². The van der Waals surface area contributed by atoms with Crippen LogP contribution in [0.5, 0.6) is 5.75 Å². The average molecular weight is 565 g/mol. The van der Waals surface area contributed by atoms with Crippen molar-refractivity contribution in [3.63, 3.8) is 0 Å². The van der Waals surface area contributed by atoms with Crippen molar-refractivity contribution in [2.45, 2.75) is 53.6 Å². The number of aliphatic hydroxyl groups excluding tert-OH is 1. The third-order valence-corrected chi connectivity index (χ3v) is 10.2. The fourth-order valence-corrected chi connectivity index (χ4v) is 7.22. The predicted octanol–water partition coefficient (Wildman–Crippen LogP) is 1.99. The van der Waals surface area contributed by atoms with Crippen LogP contribution < -0.4 is 9.88 Å². The molecule has 206 valence electrons. The number of ether oxygens (including phenoxy) is 2. The van der Waals surface area contributed by atoms with Gasteiger partial charge in [0.1, 0.15) is 17.3 Å². The van der Waals surface area contributed by atoms with E-state index in [-0.39, 0.29) is 27.9 Å². The second kappa shape index (κ2) is 10.5. The number of nitrogens with two attached hydrogens (primary N) is 1. The molecule has 2 aromatic heterocycles. The zero-order chi connectivity index (χ0) is 27.0. The lowest BCUT2D eigenvalue weighted by molar-refractivity contribution is -0.0314. The zero-order valence-electron chi connectivity index (χ0n) is 20.8. The fraction of sp³-hybridized carbons (Fsp3) is 0.480. The molecule has 4 N–H and O–H groups in total. The number of nitrogens with zero attached hydrogens (tertiary/aromatic N) is 2. The summed E-state index contributed by atoms with van der Waals surface area (Å²) in [5.41, 5.74) is 1.07. The monoisotopic (exact) mass is 564 g/mol. The zero-order valence-corrected chi connectivity index (χ0v) is 22.5. The van der Waals surface area contributed by atoms with Crippen molar-refractivity contribution in [3.05, 3.63) is 48.8 Å². The molecule has 0 unspecified atom stereocenters. The van der Waals surface area contributed by atoms with Crippen molar-refractivity contribution >= 4 is 31.1 Å². The highest BCUT2D eigenvalue weighted by Crippen LogP contribution is 2.41. The van der Waals surface area contributed by atoms with Gasteiger partial charge in [-0.05, 0) is 62.3 Å². The molecule has 13 heteroatoms. The number of sulfonamides is 2. The number of H-pyrrole nitrogens is 1. The van der Waals surface area contributed by atoms with Gasteiger partial charge in [-0.2, -0.15) is 4.31 Å². The number of pyridine rings is 1. The minimum Gasteiger partial charge on any atom is -0.491 e. The van der Waals surface area contributed by atoms with Crippen LogP contribution in [0.2, 0.25) is 0 Å². The Morgan fingerprint density at radius 3 is 2.74 bits per heavy atom. The number of rotatable bonds is 9. The Bertz CT molecular complexity index is 1500. The number of aliphatic hydroxyl groups is 1. The molecule has 0 amide bonds. The summed E-state index contributed by atoms with van der Waals surface area (Å²) < 4.78 is 62.6. The van der Waals surface area contributed by atoms with E-state index in [0.29, 0.717) is 50.2 Å². The van der Waals surface area contributed by atoms with Crippen LogP contribution in [-0.2, 0) is 24.8 Å². The Balaban J connectivity index is 1.09. The Morgan fingerprint density at radius 2 is 1.97 bits per heavy atom. The Labute approximate surface area is 222 Å². The van der Waals surface area contributed by atoms with Crippen molar-refractivity contribution in [1.29, 1.82) is 0 Å². The van der Waals surface area contributed by atoms with Crippen LogP contribution in [0.1, 0.15) is 32.1 Å². The summed E-state index contributed by atoms with van der Waals surface area (Å²) in [6, 6.07) is 9.27. The molecule has 3 aromatic rings. The number of fused-ring (bicyclic) bond motifs is 1. The molecular formula is C25H32N4O7S2. The highest BCUT2D eigenvalue weighted by Gasteiger charge is 2.44. The molecule has 5 rings (SSSR count). The molecule has 2 atom stereocenters. The second-order valence-corrected chi connectivity index (χ2v) is 13.6. The topological polar surface area (TPSA) is 165 Å². The van der Waals surface area contributed by atoms with Gasteiger partial charge in [-0.15, -0.1) is 0 Å². The summed E-state index contributed by atoms with van der Waals surface area (Å²) in [4.78, 5) is 7.38. The number of aromatic amines is 1. The first-order chi connectivity index (χ1) is 18.0. The molecule has 4 heterocycles. The van der Waals surface area contributed by atoms with Crippen molar-refractivity contribution in [2.75, 3.05) is 26.3 Å². The molecule has 2 fully saturated rings. The van der Waals surface area contributed by atoms with E-state index < -0.39 is 26.2 Å². The maximum Gasteiger partial charge on any atom is 0.244 e. The molecule has 1 aromatic carbocycles. The van der Waals surface area contributed by atoms with Gasteiger partial charge >= 0.3 is 0 Å². The second-order valence-electron chi connectivity index (χ2n) is 10.1. The molecule has 0 saturated carbocycles. The summed E-state index contributed by atoms with van der Waals surface area (Å²) >= 11 is 0. The minimum atomic E-state index is -3.83. The van der Waals surface area contributed by atoms with E-state index in [1.165, 1.54) is 28.7 Å². The van der Waals surface area contributed by atoms with E-state index >= 15 is 0 Å². The lowest BCUT2D eigenvalue weighted by Gasteiger charge is -2.38. The van der Waals surface area contributed by atoms with Crippen LogP contribution in [0.3, 0.4) is 0 Å². The van der Waals surface area contributed by atoms with Gasteiger partial charge in [0.2, 0.25) is 20.0 Å². The minimum absolute atomic E-state index is 0.0305. The highest BCUT2D eigenvalue weighted by molar-refractivity contribution is 7.89. The third-order valence-electron chi connectivity index (χ3n) is 7.42. The predicted molar refractivity (Wildman–Crippen MR) is 139 cm³/mol. The van der Waals surface area contributed by atoms with E-state index in [2.05, 4.69) is 9.97 Å². The average Bonchev–Trinajstić information content (AvgIpc) is 3.53. The first-order valence-corrected chi connectivity index (χ1v) is 15.5. The Morgan fingerprint density at radius 1 is 1.18 bits per heavy atom. The van der Waals surface area contributed by atoms with Crippen LogP contribution in [0, 0.1) is 5.92 Å². The van der Waals surface area contributed by atoms with Crippen molar-refractivity contribution < 1.29 is 31.4 Å². The molecule has 2 aliphatic heterocycles. The molecule has 0 aliphatic carbocycles. The lowest BCUT2D eigenvalue weighted by Crippen LogP contribution is -2.46. The molecule has 1 spiro atoms. The highest BCUT2D eigenvalue weighted by atomic mass is 32.2. The van der Waals surface area contributed by atoms with Gasteiger partial charge in [0.15, 0.2) is 0 Å². The summed E-state index contributed by atoms with van der Waals surface area (Å²) in [7, 11) is -7.47. The number of nitrogens with one attached hydrogen (secondary N) is 1. The van der Waals surface area contributed by atoms with E-state index in [1.54, 1.807) is 24.4 Å². The largest absolute Gasteiger partial charge is 0.491 e. The molecular weight excluding hydrogens is 532 g/mol. The van der Waals surface area contributed by atoms with Gasteiger partial charge in [0.05, 0.1) is 34.2 Å². The van der Waals surface area contributed by atoms with Gasteiger partial charge in [-0.3, -0.25) is 4.98 Å². The van der Waals surface area contributed by atoms with Crippen molar-refractivity contribution in [1.82, 2.24) is 14.3 Å². The van der Waals surface area contributed by atoms with Gasteiger partial charge in [0, 0.05) is 31.5 Å². The smallest absolute Gasteiger partial charge is 0.244 e. The van der Waals surface area contributed by atoms with E-state index in [1.807, 2.05) is 0 Å². The lowest BCUT2D eigenvalue weighted by atomic mass is 9.84. The van der Waals surface area contributed by atoms with Crippen LogP contribution in [0.4, 0.5) is 0 Å². The fourth-order valence-electron chi connectivity index (χ4n) is 5.26. The summed E-state index contributed by atoms with van der Waals surface area (Å²) in [6.45, 7) is 1.37. The van der Waals surface area contributed by atoms with Crippen molar-refractivity contribution in [3.8, 4) is 5.75 Å². The summed E-state index contributed by atoms with van der Waals surface area (Å²) in [5.74, 6) is 0.585. The number of aromatic nitrogens is 2. The molecule has 0 radical (unpaired) electrons. The summed E-state index contributed by atoms with van der Waals surface area (Å²) in [5, 5.41) is 15.5. The van der Waals surface area contributed by atoms with Crippen LogP contribution in [0.25, 0.3) is 11.0 Å².